The van der Waals surface area contributed by atoms with Crippen molar-refractivity contribution in [3.8, 4) is 0 Å². The van der Waals surface area contributed by atoms with Crippen molar-refractivity contribution < 1.29 is 9.90 Å². The minimum atomic E-state index is -0.313. The van der Waals surface area contributed by atoms with Gasteiger partial charge in [0, 0.05) is 18.8 Å². The molecule has 1 unspecified atom stereocenters. The third-order valence-electron chi connectivity index (χ3n) is 3.07. The number of nitrogens with one attached hydrogen (secondary N) is 1. The van der Waals surface area contributed by atoms with E-state index in [9.17, 15) is 4.79 Å². The molecule has 1 aliphatic rings. The monoisotopic (exact) mass is 270 g/mol. The molecule has 0 aromatic carbocycles. The molecule has 1 atom stereocenters. The first kappa shape index (κ1) is 13.4. The molecule has 5 heteroatoms. The molecule has 0 spiro atoms. The summed E-state index contributed by atoms with van der Waals surface area (Å²) in [5, 5.41) is 12.6. The summed E-state index contributed by atoms with van der Waals surface area (Å²) in [6, 6.07) is 2.15. The van der Waals surface area contributed by atoms with Gasteiger partial charge in [0.2, 0.25) is 0 Å². The van der Waals surface area contributed by atoms with Crippen LogP contribution < -0.4 is 5.32 Å². The highest BCUT2D eigenvalue weighted by atomic mass is 35.5. The van der Waals surface area contributed by atoms with Crippen molar-refractivity contribution in [2.45, 2.75) is 44.8 Å². The van der Waals surface area contributed by atoms with E-state index in [0.717, 1.165) is 19.3 Å². The first-order valence-electron chi connectivity index (χ1n) is 6.41. The topological polar surface area (TPSA) is 54.3 Å². The van der Waals surface area contributed by atoms with Gasteiger partial charge in [-0.15, -0.1) is 0 Å². The van der Waals surface area contributed by atoms with Crippen molar-refractivity contribution in [3.63, 3.8) is 0 Å². The van der Waals surface area contributed by atoms with Crippen molar-refractivity contribution >= 4 is 17.5 Å². The zero-order valence-electron chi connectivity index (χ0n) is 10.5. The molecule has 0 aliphatic heterocycles. The second-order valence-electron chi connectivity index (χ2n) is 4.93. The van der Waals surface area contributed by atoms with Crippen LogP contribution in [0.1, 0.15) is 49.1 Å². The maximum atomic E-state index is 12.0. The number of hydrogen-bond acceptors (Lipinski definition) is 2. The number of halogens is 1. The summed E-state index contributed by atoms with van der Waals surface area (Å²) in [6.07, 6.45) is 5.22. The van der Waals surface area contributed by atoms with Crippen molar-refractivity contribution in [1.82, 2.24) is 9.88 Å². The average molecular weight is 271 g/mol. The number of nitrogens with zero attached hydrogens (tertiary/aromatic N) is 1. The first-order valence-corrected chi connectivity index (χ1v) is 6.79. The van der Waals surface area contributed by atoms with Gasteiger partial charge in [0.25, 0.3) is 5.91 Å². The predicted octanol–water partition coefficient (Wildman–Crippen LogP) is 2.37. The van der Waals surface area contributed by atoms with Gasteiger partial charge in [0.15, 0.2) is 0 Å². The van der Waals surface area contributed by atoms with Crippen LogP contribution in [0.3, 0.4) is 0 Å². The number of hydrogen-bond donors (Lipinski definition) is 2. The summed E-state index contributed by atoms with van der Waals surface area (Å²) in [7, 11) is 0. The Morgan fingerprint density at radius 2 is 2.39 bits per heavy atom. The highest BCUT2D eigenvalue weighted by molar-refractivity contribution is 6.31. The molecule has 1 saturated carbocycles. The van der Waals surface area contributed by atoms with E-state index in [1.165, 1.54) is 0 Å². The number of aliphatic hydroxyl groups excluding tert-OH is 1. The van der Waals surface area contributed by atoms with Gasteiger partial charge in [0.1, 0.15) is 5.69 Å². The summed E-state index contributed by atoms with van der Waals surface area (Å²) in [4.78, 5) is 12.0. The molecule has 1 fully saturated rings. The zero-order chi connectivity index (χ0) is 13.1. The third kappa shape index (κ3) is 3.50. The molecule has 2 rings (SSSR count). The Kier molecular flexibility index (Phi) is 4.30. The molecule has 4 nitrogen and oxygen atoms in total. The van der Waals surface area contributed by atoms with Gasteiger partial charge < -0.3 is 15.0 Å². The van der Waals surface area contributed by atoms with Crippen molar-refractivity contribution in [2.24, 2.45) is 0 Å². The van der Waals surface area contributed by atoms with Crippen LogP contribution in [0.5, 0.6) is 0 Å². The molecular weight excluding hydrogens is 252 g/mol. The van der Waals surface area contributed by atoms with E-state index in [4.69, 9.17) is 16.7 Å². The van der Waals surface area contributed by atoms with E-state index in [1.54, 1.807) is 13.0 Å². The van der Waals surface area contributed by atoms with Crippen LogP contribution in [0.15, 0.2) is 12.3 Å². The molecule has 2 N–H and O–H groups in total. The minimum absolute atomic E-state index is 0.0839. The van der Waals surface area contributed by atoms with E-state index in [1.807, 2.05) is 10.8 Å². The van der Waals surface area contributed by atoms with Crippen molar-refractivity contribution in [1.29, 1.82) is 0 Å². The van der Waals surface area contributed by atoms with Gasteiger partial charge in [-0.25, -0.2) is 0 Å². The van der Waals surface area contributed by atoms with Crippen molar-refractivity contribution in [3.05, 3.63) is 23.0 Å². The molecule has 1 heterocycles. The Balaban J connectivity index is 1.88. The van der Waals surface area contributed by atoms with E-state index < -0.39 is 0 Å². The number of rotatable bonds is 6. The van der Waals surface area contributed by atoms with Gasteiger partial charge in [-0.3, -0.25) is 4.79 Å². The average Bonchev–Trinajstić information content (AvgIpc) is 3.07. The first-order chi connectivity index (χ1) is 8.58. The second kappa shape index (κ2) is 5.76. The number of aliphatic hydroxyl groups is 1. The summed E-state index contributed by atoms with van der Waals surface area (Å²) >= 11 is 5.95. The minimum Gasteiger partial charge on any atom is -0.393 e. The molecule has 1 amide bonds. The van der Waals surface area contributed by atoms with E-state index in [2.05, 4.69) is 5.32 Å². The van der Waals surface area contributed by atoms with Crippen LogP contribution in [0.2, 0.25) is 5.02 Å². The molecular formula is C13H19ClN2O2. The molecule has 1 aromatic heterocycles. The SMILES string of the molecule is CC(O)CCCNC(=O)c1cc(Cl)cn1C1CC1. The molecule has 0 saturated heterocycles. The third-order valence-corrected chi connectivity index (χ3v) is 3.28. The van der Waals surface area contributed by atoms with E-state index in [0.29, 0.717) is 29.7 Å². The summed E-state index contributed by atoms with van der Waals surface area (Å²) in [5.74, 6) is -0.0839. The molecule has 1 aromatic rings. The zero-order valence-corrected chi connectivity index (χ0v) is 11.3. The number of carbonyl (C=O) groups is 1. The molecule has 100 valence electrons. The van der Waals surface area contributed by atoms with Gasteiger partial charge in [-0.05, 0) is 38.7 Å². The Hall–Kier alpha value is -1.00. The van der Waals surface area contributed by atoms with Crippen LogP contribution >= 0.6 is 11.6 Å². The van der Waals surface area contributed by atoms with E-state index in [-0.39, 0.29) is 12.0 Å². The molecule has 0 bridgehead atoms. The van der Waals surface area contributed by atoms with Crippen LogP contribution in [0, 0.1) is 0 Å². The van der Waals surface area contributed by atoms with Gasteiger partial charge in [-0.2, -0.15) is 0 Å². The fourth-order valence-electron chi connectivity index (χ4n) is 1.97. The van der Waals surface area contributed by atoms with E-state index >= 15 is 0 Å². The number of carbonyl (C=O) groups excluding carboxylic acids is 1. The lowest BCUT2D eigenvalue weighted by Crippen LogP contribution is -2.27. The quantitative estimate of drug-likeness (QED) is 0.780. The van der Waals surface area contributed by atoms with Crippen LogP contribution in [-0.2, 0) is 0 Å². The van der Waals surface area contributed by atoms with Gasteiger partial charge in [0.05, 0.1) is 11.1 Å². The van der Waals surface area contributed by atoms with Gasteiger partial charge >= 0.3 is 0 Å². The second-order valence-corrected chi connectivity index (χ2v) is 5.37. The standard InChI is InChI=1S/C13H19ClN2O2/c1-9(17)3-2-6-15-13(18)12-7-10(14)8-16(12)11-4-5-11/h7-9,11,17H,2-6H2,1H3,(H,15,18). The maximum absolute atomic E-state index is 12.0. The largest absolute Gasteiger partial charge is 0.393 e. The lowest BCUT2D eigenvalue weighted by atomic mass is 10.2. The smallest absolute Gasteiger partial charge is 0.267 e. The number of amides is 1. The van der Waals surface area contributed by atoms with Crippen LogP contribution in [0.4, 0.5) is 0 Å². The Morgan fingerprint density at radius 3 is 3.00 bits per heavy atom. The number of aromatic nitrogens is 1. The predicted molar refractivity (Wildman–Crippen MR) is 71.0 cm³/mol. The highest BCUT2D eigenvalue weighted by Gasteiger charge is 2.27. The fraction of sp³-hybridized carbons (Fsp3) is 0.615. The Morgan fingerprint density at radius 1 is 1.67 bits per heavy atom. The molecule has 18 heavy (non-hydrogen) atoms. The normalized spacial score (nSPS) is 16.6. The highest BCUT2D eigenvalue weighted by Crippen LogP contribution is 2.37. The van der Waals surface area contributed by atoms with Crippen molar-refractivity contribution in [2.75, 3.05) is 6.54 Å². The van der Waals surface area contributed by atoms with Crippen LogP contribution in [-0.4, -0.2) is 28.2 Å². The summed E-state index contributed by atoms with van der Waals surface area (Å²) < 4.78 is 1.96. The Labute approximate surface area is 112 Å². The summed E-state index contributed by atoms with van der Waals surface area (Å²) in [5.41, 5.74) is 0.638. The lowest BCUT2D eigenvalue weighted by molar-refractivity contribution is 0.0940. The van der Waals surface area contributed by atoms with Crippen LogP contribution in [0.25, 0.3) is 0 Å². The molecule has 1 aliphatic carbocycles. The Bertz CT molecular complexity index is 425. The fourth-order valence-corrected chi connectivity index (χ4v) is 2.18. The lowest BCUT2D eigenvalue weighted by Gasteiger charge is -2.09. The summed E-state index contributed by atoms with van der Waals surface area (Å²) in [6.45, 7) is 2.33. The molecule has 0 radical (unpaired) electrons. The maximum Gasteiger partial charge on any atom is 0.267 e. The van der Waals surface area contributed by atoms with Gasteiger partial charge in [-0.1, -0.05) is 11.6 Å².